The van der Waals surface area contributed by atoms with Crippen molar-refractivity contribution in [2.45, 2.75) is 32.2 Å². The van der Waals surface area contributed by atoms with Crippen LogP contribution in [0.3, 0.4) is 0 Å². The number of ether oxygens (including phenoxy) is 1. The minimum absolute atomic E-state index is 0.131. The fourth-order valence-electron chi connectivity index (χ4n) is 1.99. The van der Waals surface area contributed by atoms with Gasteiger partial charge in [-0.05, 0) is 25.0 Å². The van der Waals surface area contributed by atoms with Gasteiger partial charge in [-0.15, -0.1) is 0 Å². The van der Waals surface area contributed by atoms with Crippen LogP contribution in [0.15, 0.2) is 18.2 Å². The van der Waals surface area contributed by atoms with Crippen LogP contribution in [0.5, 0.6) is 11.5 Å². The highest BCUT2D eigenvalue weighted by molar-refractivity contribution is 7.80. The van der Waals surface area contributed by atoms with Gasteiger partial charge in [-0.2, -0.15) is 0 Å². The summed E-state index contributed by atoms with van der Waals surface area (Å²) in [6.07, 6.45) is 1.16. The molecule has 4 N–H and O–H groups in total. The van der Waals surface area contributed by atoms with E-state index in [0.29, 0.717) is 12.8 Å². The van der Waals surface area contributed by atoms with E-state index in [9.17, 15) is 9.90 Å². The second-order valence-electron chi connectivity index (χ2n) is 4.46. The largest absolute Gasteiger partial charge is 0.504 e. The van der Waals surface area contributed by atoms with Gasteiger partial charge in [0.1, 0.15) is 0 Å². The third kappa shape index (κ3) is 3.01. The molecule has 0 fully saturated rings. The van der Waals surface area contributed by atoms with Crippen molar-refractivity contribution in [2.24, 2.45) is 5.73 Å². The summed E-state index contributed by atoms with van der Waals surface area (Å²) in [4.78, 5) is 12.6. The molecule has 0 heterocycles. The number of benzene rings is 1. The van der Waals surface area contributed by atoms with E-state index < -0.39 is 11.4 Å². The lowest BCUT2D eigenvalue weighted by atomic mass is 9.92. The van der Waals surface area contributed by atoms with Gasteiger partial charge < -0.3 is 20.9 Å². The quantitative estimate of drug-likeness (QED) is 0.699. The number of phenolic OH excluding ortho intramolecular Hbond substituents is 1. The van der Waals surface area contributed by atoms with Gasteiger partial charge in [0.25, 0.3) is 5.91 Å². The van der Waals surface area contributed by atoms with Crippen LogP contribution < -0.4 is 15.8 Å². The summed E-state index contributed by atoms with van der Waals surface area (Å²) in [6, 6.07) is 4.73. The molecular formula is C14H20N2O3S. The second-order valence-corrected chi connectivity index (χ2v) is 4.90. The van der Waals surface area contributed by atoms with Crippen molar-refractivity contribution in [3.05, 3.63) is 23.8 Å². The number of nitrogens with one attached hydrogen (secondary N) is 1. The van der Waals surface area contributed by atoms with Crippen LogP contribution in [-0.4, -0.2) is 28.7 Å². The number of nitrogens with two attached hydrogens (primary N) is 1. The summed E-state index contributed by atoms with van der Waals surface area (Å²) >= 11 is 5.05. The zero-order chi connectivity index (χ0) is 15.3. The van der Waals surface area contributed by atoms with Gasteiger partial charge in [-0.3, -0.25) is 4.79 Å². The number of amides is 1. The molecule has 1 rings (SSSR count). The number of rotatable bonds is 6. The third-order valence-corrected chi connectivity index (χ3v) is 3.89. The zero-order valence-electron chi connectivity index (χ0n) is 11.9. The Hall–Kier alpha value is -1.82. The van der Waals surface area contributed by atoms with E-state index in [2.05, 4.69) is 5.32 Å². The Bertz CT molecular complexity index is 513. The molecule has 0 aliphatic rings. The van der Waals surface area contributed by atoms with E-state index in [4.69, 9.17) is 22.7 Å². The average molecular weight is 296 g/mol. The Morgan fingerprint density at radius 2 is 2.05 bits per heavy atom. The summed E-state index contributed by atoms with van der Waals surface area (Å²) in [5.74, 6) is -0.388. The summed E-state index contributed by atoms with van der Waals surface area (Å²) in [5.41, 5.74) is 5.13. The van der Waals surface area contributed by atoms with E-state index in [1.807, 2.05) is 13.8 Å². The first kappa shape index (κ1) is 16.2. The Morgan fingerprint density at radius 1 is 1.45 bits per heavy atom. The van der Waals surface area contributed by atoms with Gasteiger partial charge in [0.15, 0.2) is 11.5 Å². The van der Waals surface area contributed by atoms with Crippen molar-refractivity contribution in [1.29, 1.82) is 0 Å². The summed E-state index contributed by atoms with van der Waals surface area (Å²) in [6.45, 7) is 3.79. The Morgan fingerprint density at radius 3 is 2.50 bits per heavy atom. The highest BCUT2D eigenvalue weighted by Gasteiger charge is 2.32. The van der Waals surface area contributed by atoms with Crippen molar-refractivity contribution in [1.82, 2.24) is 5.32 Å². The predicted octanol–water partition coefficient (Wildman–Crippen LogP) is 1.98. The smallest absolute Gasteiger partial charge is 0.255 e. The molecular weight excluding hydrogens is 276 g/mol. The van der Waals surface area contributed by atoms with Gasteiger partial charge in [0.05, 0.1) is 23.2 Å². The fourth-order valence-corrected chi connectivity index (χ4v) is 2.33. The maximum Gasteiger partial charge on any atom is 0.255 e. The summed E-state index contributed by atoms with van der Waals surface area (Å²) < 4.78 is 4.99. The fraction of sp³-hybridized carbons (Fsp3) is 0.429. The first-order chi connectivity index (χ1) is 9.41. The first-order valence-electron chi connectivity index (χ1n) is 6.40. The van der Waals surface area contributed by atoms with Crippen LogP contribution in [0.2, 0.25) is 0 Å². The predicted molar refractivity (Wildman–Crippen MR) is 82.2 cm³/mol. The monoisotopic (exact) mass is 296 g/mol. The lowest BCUT2D eigenvalue weighted by Crippen LogP contribution is -2.55. The SMILES string of the molecule is CCC(CC)(NC(=O)c1cccc(OC)c1O)C(N)=S. The van der Waals surface area contributed by atoms with Crippen LogP contribution >= 0.6 is 12.2 Å². The molecule has 0 spiro atoms. The molecule has 1 amide bonds. The number of para-hydroxylation sites is 1. The second kappa shape index (κ2) is 6.56. The summed E-state index contributed by atoms with van der Waals surface area (Å²) in [7, 11) is 1.42. The molecule has 0 atom stereocenters. The van der Waals surface area contributed by atoms with E-state index in [1.165, 1.54) is 13.2 Å². The molecule has 0 aliphatic carbocycles. The van der Waals surface area contributed by atoms with Crippen LogP contribution in [0.1, 0.15) is 37.0 Å². The minimum Gasteiger partial charge on any atom is -0.504 e. The topological polar surface area (TPSA) is 84.6 Å². The highest BCUT2D eigenvalue weighted by Crippen LogP contribution is 2.30. The number of hydrogen-bond donors (Lipinski definition) is 3. The van der Waals surface area contributed by atoms with Gasteiger partial charge in [0, 0.05) is 0 Å². The number of phenols is 1. The van der Waals surface area contributed by atoms with Crippen molar-refractivity contribution < 1.29 is 14.6 Å². The molecule has 0 aromatic heterocycles. The third-order valence-electron chi connectivity index (χ3n) is 3.50. The number of methoxy groups -OCH3 is 1. The molecule has 110 valence electrons. The molecule has 1 aromatic carbocycles. The molecule has 0 saturated carbocycles. The van der Waals surface area contributed by atoms with Gasteiger partial charge >= 0.3 is 0 Å². The van der Waals surface area contributed by atoms with Crippen molar-refractivity contribution >= 4 is 23.1 Å². The minimum atomic E-state index is -0.748. The van der Waals surface area contributed by atoms with E-state index >= 15 is 0 Å². The van der Waals surface area contributed by atoms with Crippen LogP contribution in [0.25, 0.3) is 0 Å². The Kier molecular flexibility index (Phi) is 5.33. The molecule has 0 aliphatic heterocycles. The zero-order valence-corrected chi connectivity index (χ0v) is 12.7. The maximum atomic E-state index is 12.3. The van der Waals surface area contributed by atoms with Gasteiger partial charge in [-0.1, -0.05) is 32.1 Å². The molecule has 0 radical (unpaired) electrons. The van der Waals surface area contributed by atoms with E-state index in [-0.39, 0.29) is 22.1 Å². The molecule has 0 unspecified atom stereocenters. The van der Waals surface area contributed by atoms with E-state index in [1.54, 1.807) is 12.1 Å². The molecule has 6 heteroatoms. The van der Waals surface area contributed by atoms with Gasteiger partial charge in [-0.25, -0.2) is 0 Å². The van der Waals surface area contributed by atoms with Crippen LogP contribution in [0.4, 0.5) is 0 Å². The average Bonchev–Trinajstić information content (AvgIpc) is 2.44. The van der Waals surface area contributed by atoms with Crippen molar-refractivity contribution in [2.75, 3.05) is 7.11 Å². The number of thiocarbonyl (C=S) groups is 1. The number of carbonyl (C=O) groups excluding carboxylic acids is 1. The van der Waals surface area contributed by atoms with Gasteiger partial charge in [0.2, 0.25) is 0 Å². The Labute approximate surface area is 124 Å². The lowest BCUT2D eigenvalue weighted by molar-refractivity contribution is 0.0916. The molecule has 1 aromatic rings. The molecule has 0 saturated heterocycles. The van der Waals surface area contributed by atoms with E-state index in [0.717, 1.165) is 0 Å². The summed E-state index contributed by atoms with van der Waals surface area (Å²) in [5, 5.41) is 12.8. The first-order valence-corrected chi connectivity index (χ1v) is 6.81. The number of carbonyl (C=O) groups is 1. The molecule has 20 heavy (non-hydrogen) atoms. The lowest BCUT2D eigenvalue weighted by Gasteiger charge is -2.31. The van der Waals surface area contributed by atoms with Crippen molar-refractivity contribution in [3.8, 4) is 11.5 Å². The van der Waals surface area contributed by atoms with Crippen molar-refractivity contribution in [3.63, 3.8) is 0 Å². The van der Waals surface area contributed by atoms with Crippen LogP contribution in [0, 0.1) is 0 Å². The normalized spacial score (nSPS) is 10.9. The number of hydrogen-bond acceptors (Lipinski definition) is 4. The highest BCUT2D eigenvalue weighted by atomic mass is 32.1. The molecule has 5 nitrogen and oxygen atoms in total. The van der Waals surface area contributed by atoms with Crippen LogP contribution in [-0.2, 0) is 0 Å². The number of aromatic hydroxyl groups is 1. The Balaban J connectivity index is 3.10. The standard InChI is InChI=1S/C14H20N2O3S/c1-4-14(5-2,13(15)20)16-12(18)9-7-6-8-10(19-3)11(9)17/h6-8,17H,4-5H2,1-3H3,(H2,15,20)(H,16,18). The molecule has 0 bridgehead atoms. The maximum absolute atomic E-state index is 12.3.